The summed E-state index contributed by atoms with van der Waals surface area (Å²) in [5.41, 5.74) is 2.15. The maximum atomic E-state index is 12.2. The molecule has 2 aliphatic rings. The largest absolute Gasteiger partial charge is 0.379 e. The number of benzene rings is 1. The lowest BCUT2D eigenvalue weighted by Crippen LogP contribution is -2.40. The summed E-state index contributed by atoms with van der Waals surface area (Å²) in [7, 11) is 0. The van der Waals surface area contributed by atoms with Crippen LogP contribution in [-0.2, 0) is 11.2 Å². The molecule has 3 heteroatoms. The monoisotopic (exact) mass is 231 g/mol. The predicted octanol–water partition coefficient (Wildman–Crippen LogP) is 1.37. The molecular formula is C14H17NO2. The number of carbonyl (C=O) groups excluding carboxylic acids is 1. The molecule has 17 heavy (non-hydrogen) atoms. The van der Waals surface area contributed by atoms with E-state index in [1.54, 1.807) is 0 Å². The van der Waals surface area contributed by atoms with Crippen molar-refractivity contribution in [1.29, 1.82) is 0 Å². The number of hydrogen-bond donors (Lipinski definition) is 0. The summed E-state index contributed by atoms with van der Waals surface area (Å²) >= 11 is 0. The van der Waals surface area contributed by atoms with Crippen LogP contribution >= 0.6 is 0 Å². The van der Waals surface area contributed by atoms with Crippen LogP contribution in [0.1, 0.15) is 15.9 Å². The summed E-state index contributed by atoms with van der Waals surface area (Å²) in [6.45, 7) is 4.40. The fourth-order valence-electron chi connectivity index (χ4n) is 2.76. The fraction of sp³-hybridized carbons (Fsp3) is 0.500. The van der Waals surface area contributed by atoms with E-state index in [2.05, 4.69) is 11.0 Å². The first kappa shape index (κ1) is 10.9. The molecule has 1 atom stereocenters. The number of morpholine rings is 1. The molecule has 0 saturated carbocycles. The van der Waals surface area contributed by atoms with Gasteiger partial charge in [-0.05, 0) is 12.0 Å². The second-order valence-corrected chi connectivity index (χ2v) is 4.84. The highest BCUT2D eigenvalue weighted by Gasteiger charge is 2.31. The minimum absolute atomic E-state index is 0.158. The van der Waals surface area contributed by atoms with Crippen LogP contribution in [0.4, 0.5) is 0 Å². The zero-order valence-corrected chi connectivity index (χ0v) is 9.89. The van der Waals surface area contributed by atoms with Gasteiger partial charge >= 0.3 is 0 Å². The van der Waals surface area contributed by atoms with Crippen molar-refractivity contribution in [2.75, 3.05) is 32.8 Å². The van der Waals surface area contributed by atoms with E-state index in [1.807, 2.05) is 18.2 Å². The first-order chi connectivity index (χ1) is 8.34. The molecule has 3 nitrogen and oxygen atoms in total. The Hall–Kier alpha value is -1.19. The highest BCUT2D eigenvalue weighted by molar-refractivity contribution is 6.02. The summed E-state index contributed by atoms with van der Waals surface area (Å²) < 4.78 is 5.33. The van der Waals surface area contributed by atoms with E-state index in [0.717, 1.165) is 44.8 Å². The van der Waals surface area contributed by atoms with Gasteiger partial charge in [0.15, 0.2) is 5.78 Å². The summed E-state index contributed by atoms with van der Waals surface area (Å²) in [6, 6.07) is 8.00. The summed E-state index contributed by atoms with van der Waals surface area (Å²) in [5.74, 6) is 0.484. The van der Waals surface area contributed by atoms with E-state index in [-0.39, 0.29) is 5.92 Å². The van der Waals surface area contributed by atoms with Crippen molar-refractivity contribution in [2.45, 2.75) is 6.42 Å². The van der Waals surface area contributed by atoms with Gasteiger partial charge in [0, 0.05) is 31.1 Å². The number of ether oxygens (including phenoxy) is 1. The molecule has 1 fully saturated rings. The van der Waals surface area contributed by atoms with Gasteiger partial charge in [0.2, 0.25) is 0 Å². The first-order valence-corrected chi connectivity index (χ1v) is 6.27. The Morgan fingerprint density at radius 3 is 2.76 bits per heavy atom. The summed E-state index contributed by atoms with van der Waals surface area (Å²) in [4.78, 5) is 14.6. The van der Waals surface area contributed by atoms with Crippen LogP contribution in [0.25, 0.3) is 0 Å². The minimum atomic E-state index is 0.158. The Morgan fingerprint density at radius 1 is 1.24 bits per heavy atom. The standard InChI is InChI=1S/C14H17NO2/c16-14-12(10-15-5-7-17-8-6-15)9-11-3-1-2-4-13(11)14/h1-4,12H,5-10H2/t12-/m1/s1. The molecule has 90 valence electrons. The van der Waals surface area contributed by atoms with Crippen molar-refractivity contribution >= 4 is 5.78 Å². The van der Waals surface area contributed by atoms with Crippen molar-refractivity contribution < 1.29 is 9.53 Å². The normalized spacial score (nSPS) is 24.9. The van der Waals surface area contributed by atoms with E-state index in [9.17, 15) is 4.79 Å². The third-order valence-corrected chi connectivity index (χ3v) is 3.70. The van der Waals surface area contributed by atoms with Gasteiger partial charge in [0.1, 0.15) is 0 Å². The maximum absolute atomic E-state index is 12.2. The fourth-order valence-corrected chi connectivity index (χ4v) is 2.76. The second kappa shape index (κ2) is 4.59. The third-order valence-electron chi connectivity index (χ3n) is 3.70. The molecule has 1 saturated heterocycles. The van der Waals surface area contributed by atoms with E-state index in [1.165, 1.54) is 5.56 Å². The van der Waals surface area contributed by atoms with Crippen LogP contribution < -0.4 is 0 Å². The molecule has 1 aromatic carbocycles. The van der Waals surface area contributed by atoms with Gasteiger partial charge in [-0.1, -0.05) is 24.3 Å². The molecule has 1 aliphatic carbocycles. The SMILES string of the molecule is O=C1c2ccccc2C[C@@H]1CN1CCOCC1. The predicted molar refractivity (Wildman–Crippen MR) is 65.2 cm³/mol. The molecule has 0 unspecified atom stereocenters. The average molecular weight is 231 g/mol. The van der Waals surface area contributed by atoms with E-state index >= 15 is 0 Å². The van der Waals surface area contributed by atoms with Crippen LogP contribution in [0.15, 0.2) is 24.3 Å². The first-order valence-electron chi connectivity index (χ1n) is 6.27. The lowest BCUT2D eigenvalue weighted by atomic mass is 10.0. The third kappa shape index (κ3) is 2.13. The van der Waals surface area contributed by atoms with Gasteiger partial charge in [-0.25, -0.2) is 0 Å². The molecule has 1 aliphatic heterocycles. The average Bonchev–Trinajstić information content (AvgIpc) is 2.68. The Labute approximate surface area is 101 Å². The number of ketones is 1. The van der Waals surface area contributed by atoms with Gasteiger partial charge in [-0.2, -0.15) is 0 Å². The second-order valence-electron chi connectivity index (χ2n) is 4.84. The lowest BCUT2D eigenvalue weighted by Gasteiger charge is -2.28. The van der Waals surface area contributed by atoms with Crippen molar-refractivity contribution in [2.24, 2.45) is 5.92 Å². The van der Waals surface area contributed by atoms with E-state index < -0.39 is 0 Å². The van der Waals surface area contributed by atoms with Crippen molar-refractivity contribution in [1.82, 2.24) is 4.90 Å². The van der Waals surface area contributed by atoms with Gasteiger partial charge in [0.05, 0.1) is 13.2 Å². The molecule has 0 radical (unpaired) electrons. The maximum Gasteiger partial charge on any atom is 0.167 e. The zero-order chi connectivity index (χ0) is 11.7. The molecule has 3 rings (SSSR count). The summed E-state index contributed by atoms with van der Waals surface area (Å²) in [6.07, 6.45) is 0.909. The molecule has 0 N–H and O–H groups in total. The Kier molecular flexibility index (Phi) is 2.95. The summed E-state index contributed by atoms with van der Waals surface area (Å²) in [5, 5.41) is 0. The lowest BCUT2D eigenvalue weighted by molar-refractivity contribution is 0.0308. The van der Waals surface area contributed by atoms with Crippen LogP contribution in [0.3, 0.4) is 0 Å². The van der Waals surface area contributed by atoms with Gasteiger partial charge in [-0.3, -0.25) is 9.69 Å². The van der Waals surface area contributed by atoms with Crippen LogP contribution in [0.5, 0.6) is 0 Å². The van der Waals surface area contributed by atoms with Crippen molar-refractivity contribution in [3.8, 4) is 0 Å². The molecular weight excluding hydrogens is 214 g/mol. The smallest absolute Gasteiger partial charge is 0.167 e. The molecule has 0 amide bonds. The number of hydrogen-bond acceptors (Lipinski definition) is 3. The van der Waals surface area contributed by atoms with Gasteiger partial charge in [-0.15, -0.1) is 0 Å². The zero-order valence-electron chi connectivity index (χ0n) is 9.89. The topological polar surface area (TPSA) is 29.5 Å². The van der Waals surface area contributed by atoms with E-state index in [4.69, 9.17) is 4.74 Å². The number of nitrogens with zero attached hydrogens (tertiary/aromatic N) is 1. The van der Waals surface area contributed by atoms with Crippen molar-refractivity contribution in [3.63, 3.8) is 0 Å². The molecule has 1 aromatic rings. The Balaban J connectivity index is 1.69. The molecule has 0 bridgehead atoms. The van der Waals surface area contributed by atoms with Crippen molar-refractivity contribution in [3.05, 3.63) is 35.4 Å². The molecule has 0 spiro atoms. The van der Waals surface area contributed by atoms with Gasteiger partial charge in [0.25, 0.3) is 0 Å². The van der Waals surface area contributed by atoms with Crippen LogP contribution in [0.2, 0.25) is 0 Å². The minimum Gasteiger partial charge on any atom is -0.379 e. The molecule has 1 heterocycles. The van der Waals surface area contributed by atoms with E-state index in [0.29, 0.717) is 5.78 Å². The number of fused-ring (bicyclic) bond motifs is 1. The Bertz CT molecular complexity index is 424. The number of rotatable bonds is 2. The highest BCUT2D eigenvalue weighted by Crippen LogP contribution is 2.27. The highest BCUT2D eigenvalue weighted by atomic mass is 16.5. The molecule has 0 aromatic heterocycles. The van der Waals surface area contributed by atoms with Gasteiger partial charge < -0.3 is 4.74 Å². The quantitative estimate of drug-likeness (QED) is 0.770. The number of Topliss-reactive ketones (excluding diaryl/α,β-unsaturated/α-hetero) is 1. The number of carbonyl (C=O) groups is 1. The van der Waals surface area contributed by atoms with Crippen LogP contribution in [0, 0.1) is 5.92 Å². The Morgan fingerprint density at radius 2 is 2.00 bits per heavy atom. The van der Waals surface area contributed by atoms with Crippen LogP contribution in [-0.4, -0.2) is 43.5 Å².